The number of ketones is 1. The van der Waals surface area contributed by atoms with E-state index >= 15 is 0 Å². The van der Waals surface area contributed by atoms with Gasteiger partial charge in [-0.15, -0.1) is 23.5 Å². The van der Waals surface area contributed by atoms with E-state index in [1.54, 1.807) is 30.6 Å². The molecule has 3 nitrogen and oxygen atoms in total. The van der Waals surface area contributed by atoms with E-state index in [4.69, 9.17) is 4.74 Å². The second-order valence-electron chi connectivity index (χ2n) is 4.19. The van der Waals surface area contributed by atoms with Crippen molar-refractivity contribution >= 4 is 35.2 Å². The summed E-state index contributed by atoms with van der Waals surface area (Å²) in [5.74, 6) is 2.71. The summed E-state index contributed by atoms with van der Waals surface area (Å²) in [5, 5.41) is 1.08. The average molecular weight is 279 g/mol. The minimum absolute atomic E-state index is 0.178. The van der Waals surface area contributed by atoms with Gasteiger partial charge < -0.3 is 4.74 Å². The molecule has 5 heteroatoms. The van der Waals surface area contributed by atoms with Crippen LogP contribution < -0.4 is 0 Å². The monoisotopic (exact) mass is 279 g/mol. The van der Waals surface area contributed by atoms with Crippen LogP contribution in [0.25, 0.3) is 0 Å². The number of hydrogen-bond acceptors (Lipinski definition) is 5. The Morgan fingerprint density at radius 2 is 2.28 bits per heavy atom. The fraction of sp³-hybridized carbons (Fsp3) is 0.385. The van der Waals surface area contributed by atoms with Gasteiger partial charge in [-0.2, -0.15) is 0 Å². The van der Waals surface area contributed by atoms with Crippen LogP contribution >= 0.6 is 23.5 Å². The van der Waals surface area contributed by atoms with E-state index in [9.17, 15) is 4.79 Å². The van der Waals surface area contributed by atoms with Crippen molar-refractivity contribution in [1.29, 1.82) is 0 Å². The largest absolute Gasteiger partial charge is 0.481 e. The van der Waals surface area contributed by atoms with E-state index in [0.29, 0.717) is 12.3 Å². The summed E-state index contributed by atoms with van der Waals surface area (Å²) in [7, 11) is 1.61. The van der Waals surface area contributed by atoms with Crippen LogP contribution in [0.5, 0.6) is 0 Å². The molecule has 0 saturated carbocycles. The molecule has 0 spiro atoms. The first-order chi connectivity index (χ1) is 8.79. The van der Waals surface area contributed by atoms with Crippen LogP contribution in [-0.4, -0.2) is 30.3 Å². The first-order valence-electron chi connectivity index (χ1n) is 5.84. The molecule has 0 fully saturated rings. The van der Waals surface area contributed by atoms with E-state index in [-0.39, 0.29) is 5.78 Å². The number of allylic oxidation sites excluding steroid dienone is 2. The van der Waals surface area contributed by atoms with Crippen molar-refractivity contribution in [2.24, 2.45) is 4.99 Å². The number of carbonyl (C=O) groups is 1. The molecule has 2 heterocycles. The molecule has 0 amide bonds. The highest BCUT2D eigenvalue weighted by molar-refractivity contribution is 8.05. The van der Waals surface area contributed by atoms with Crippen molar-refractivity contribution in [1.82, 2.24) is 0 Å². The molecule has 3 rings (SSSR count). The van der Waals surface area contributed by atoms with Gasteiger partial charge in [0.05, 0.1) is 17.6 Å². The van der Waals surface area contributed by atoms with E-state index in [1.807, 2.05) is 12.2 Å². The number of nitrogens with zero attached hydrogens (tertiary/aromatic N) is 1. The maximum atomic E-state index is 12.0. The van der Waals surface area contributed by atoms with Crippen molar-refractivity contribution in [2.45, 2.75) is 12.8 Å². The molecule has 0 N–H and O–H groups in total. The Balaban J connectivity index is 2.09. The van der Waals surface area contributed by atoms with Gasteiger partial charge in [0.15, 0.2) is 5.78 Å². The maximum absolute atomic E-state index is 12.0. The standard InChI is InChI=1S/C13H13NO2S2/c1-16-12-9-3-2-4-10(15)11(9)18-7-8-5-6-17-13(8)14-12/h2-3H,4-7H2,1H3. The molecule has 0 aromatic rings. The molecule has 94 valence electrons. The molecule has 0 radical (unpaired) electrons. The zero-order valence-electron chi connectivity index (χ0n) is 10.1. The quantitative estimate of drug-likeness (QED) is 0.683. The van der Waals surface area contributed by atoms with Crippen LogP contribution in [0.3, 0.4) is 0 Å². The number of Topliss-reactive ketones (excluding diaryl/α,β-unsaturated/α-hetero) is 1. The minimum Gasteiger partial charge on any atom is -0.481 e. The van der Waals surface area contributed by atoms with Gasteiger partial charge in [0.25, 0.3) is 0 Å². The van der Waals surface area contributed by atoms with Crippen LogP contribution in [-0.2, 0) is 9.53 Å². The molecule has 1 aliphatic carbocycles. The Morgan fingerprint density at radius 3 is 3.11 bits per heavy atom. The lowest BCUT2D eigenvalue weighted by molar-refractivity contribution is -0.114. The molecule has 0 unspecified atom stereocenters. The fourth-order valence-electron chi connectivity index (χ4n) is 2.12. The molecular formula is C13H13NO2S2. The van der Waals surface area contributed by atoms with Crippen molar-refractivity contribution in [3.05, 3.63) is 33.2 Å². The Morgan fingerprint density at radius 1 is 1.39 bits per heavy atom. The van der Waals surface area contributed by atoms with E-state index in [0.717, 1.165) is 33.4 Å². The Hall–Kier alpha value is -0.940. The fourth-order valence-corrected chi connectivity index (χ4v) is 4.44. The zero-order valence-corrected chi connectivity index (χ0v) is 11.7. The van der Waals surface area contributed by atoms with E-state index < -0.39 is 0 Å². The third kappa shape index (κ3) is 2.06. The number of methoxy groups -OCH3 is 1. The highest BCUT2D eigenvalue weighted by Gasteiger charge is 2.26. The summed E-state index contributed by atoms with van der Waals surface area (Å²) in [6.07, 6.45) is 5.40. The van der Waals surface area contributed by atoms with Crippen molar-refractivity contribution in [3.8, 4) is 0 Å². The minimum atomic E-state index is 0.178. The molecule has 0 aromatic carbocycles. The Bertz CT molecular complexity index is 529. The summed E-state index contributed by atoms with van der Waals surface area (Å²) in [5.41, 5.74) is 2.19. The van der Waals surface area contributed by atoms with Crippen molar-refractivity contribution in [3.63, 3.8) is 0 Å². The van der Waals surface area contributed by atoms with Gasteiger partial charge in [-0.1, -0.05) is 12.2 Å². The number of thioether (sulfide) groups is 2. The van der Waals surface area contributed by atoms with Crippen molar-refractivity contribution < 1.29 is 9.53 Å². The summed E-state index contributed by atoms with van der Waals surface area (Å²) in [4.78, 5) is 17.4. The van der Waals surface area contributed by atoms with Crippen LogP contribution in [0, 0.1) is 0 Å². The molecule has 2 aliphatic heterocycles. The normalized spacial score (nSPS) is 23.4. The van der Waals surface area contributed by atoms with E-state index in [2.05, 4.69) is 4.99 Å². The number of rotatable bonds is 0. The smallest absolute Gasteiger partial charge is 0.222 e. The topological polar surface area (TPSA) is 38.7 Å². The van der Waals surface area contributed by atoms with Gasteiger partial charge in [0.1, 0.15) is 5.03 Å². The van der Waals surface area contributed by atoms with Gasteiger partial charge in [-0.25, -0.2) is 4.99 Å². The number of carbonyl (C=O) groups excluding carboxylic acids is 1. The average Bonchev–Trinajstić information content (AvgIpc) is 2.78. The Kier molecular flexibility index (Phi) is 3.35. The highest BCUT2D eigenvalue weighted by Crippen LogP contribution is 2.39. The molecule has 18 heavy (non-hydrogen) atoms. The SMILES string of the molecule is COC1=NC2=C(CCS2)CSC2=C1C=CCC2=O. The third-order valence-electron chi connectivity index (χ3n) is 3.05. The van der Waals surface area contributed by atoms with Gasteiger partial charge in [-0.3, -0.25) is 4.79 Å². The van der Waals surface area contributed by atoms with Crippen LogP contribution in [0.4, 0.5) is 0 Å². The predicted molar refractivity (Wildman–Crippen MR) is 76.8 cm³/mol. The van der Waals surface area contributed by atoms with Gasteiger partial charge >= 0.3 is 0 Å². The third-order valence-corrected chi connectivity index (χ3v) is 5.34. The second kappa shape index (κ2) is 4.97. The Labute approximate surface area is 114 Å². The number of ether oxygens (including phenoxy) is 1. The molecule has 0 bridgehead atoms. The molecule has 0 aromatic heterocycles. The first-order valence-corrected chi connectivity index (χ1v) is 7.81. The van der Waals surface area contributed by atoms with Gasteiger partial charge in [0, 0.05) is 17.9 Å². The van der Waals surface area contributed by atoms with Crippen LogP contribution in [0.15, 0.2) is 38.2 Å². The van der Waals surface area contributed by atoms with Gasteiger partial charge in [-0.05, 0) is 12.0 Å². The molecule has 3 aliphatic rings. The van der Waals surface area contributed by atoms with Crippen LogP contribution in [0.2, 0.25) is 0 Å². The lowest BCUT2D eigenvalue weighted by Crippen LogP contribution is -2.15. The summed E-state index contributed by atoms with van der Waals surface area (Å²) < 4.78 is 5.38. The molecular weight excluding hydrogens is 266 g/mol. The van der Waals surface area contributed by atoms with Gasteiger partial charge in [0.2, 0.25) is 5.90 Å². The van der Waals surface area contributed by atoms with Crippen LogP contribution in [0.1, 0.15) is 12.8 Å². The number of hydrogen-bond donors (Lipinski definition) is 0. The zero-order chi connectivity index (χ0) is 12.5. The summed E-state index contributed by atoms with van der Waals surface area (Å²) >= 11 is 3.41. The lowest BCUT2D eigenvalue weighted by atomic mass is 10.1. The molecule has 0 atom stereocenters. The summed E-state index contributed by atoms with van der Waals surface area (Å²) in [6.45, 7) is 0. The first kappa shape index (κ1) is 12.1. The summed E-state index contributed by atoms with van der Waals surface area (Å²) in [6, 6.07) is 0. The predicted octanol–water partition coefficient (Wildman–Crippen LogP) is 2.91. The lowest BCUT2D eigenvalue weighted by Gasteiger charge is -2.18. The maximum Gasteiger partial charge on any atom is 0.222 e. The van der Waals surface area contributed by atoms with E-state index in [1.165, 1.54) is 5.57 Å². The second-order valence-corrected chi connectivity index (χ2v) is 6.26. The molecule has 0 saturated heterocycles. The van der Waals surface area contributed by atoms with Crippen molar-refractivity contribution in [2.75, 3.05) is 18.6 Å². The number of aliphatic imine (C=N–C) groups is 1. The highest BCUT2D eigenvalue weighted by atomic mass is 32.2.